The lowest BCUT2D eigenvalue weighted by Gasteiger charge is -2.34. The van der Waals surface area contributed by atoms with Crippen molar-refractivity contribution < 1.29 is 9.18 Å². The Morgan fingerprint density at radius 2 is 2.11 bits per heavy atom. The summed E-state index contributed by atoms with van der Waals surface area (Å²) in [5.74, 6) is -0.495. The molecule has 0 aromatic heterocycles. The molecule has 1 saturated heterocycles. The molecule has 5 heteroatoms. The summed E-state index contributed by atoms with van der Waals surface area (Å²) in [6.07, 6.45) is 0. The van der Waals surface area contributed by atoms with Gasteiger partial charge in [-0.2, -0.15) is 0 Å². The van der Waals surface area contributed by atoms with Crippen LogP contribution < -0.4 is 5.32 Å². The van der Waals surface area contributed by atoms with E-state index in [4.69, 9.17) is 11.6 Å². The highest BCUT2D eigenvalue weighted by molar-refractivity contribution is 6.31. The van der Waals surface area contributed by atoms with E-state index in [0.717, 1.165) is 26.2 Å². The average molecular weight is 271 g/mol. The van der Waals surface area contributed by atoms with Crippen molar-refractivity contribution in [2.24, 2.45) is 0 Å². The van der Waals surface area contributed by atoms with Crippen molar-refractivity contribution in [2.75, 3.05) is 26.2 Å². The number of hydrogen-bond acceptors (Lipinski definition) is 3. The molecule has 1 unspecified atom stereocenters. The van der Waals surface area contributed by atoms with Crippen LogP contribution in [0.15, 0.2) is 18.2 Å². The highest BCUT2D eigenvalue weighted by Gasteiger charge is 2.29. The van der Waals surface area contributed by atoms with Gasteiger partial charge in [-0.05, 0) is 19.1 Å². The van der Waals surface area contributed by atoms with E-state index in [9.17, 15) is 9.18 Å². The second-order valence-corrected chi connectivity index (χ2v) is 4.84. The summed E-state index contributed by atoms with van der Waals surface area (Å²) in [5, 5.41) is 3.52. The zero-order valence-electron chi connectivity index (χ0n) is 10.2. The van der Waals surface area contributed by atoms with Gasteiger partial charge in [-0.15, -0.1) is 0 Å². The van der Waals surface area contributed by atoms with Crippen molar-refractivity contribution in [2.45, 2.75) is 13.0 Å². The highest BCUT2D eigenvalue weighted by atomic mass is 35.5. The predicted octanol–water partition coefficient (Wildman–Crippen LogP) is 2.01. The normalized spacial score (nSPS) is 18.6. The summed E-state index contributed by atoms with van der Waals surface area (Å²) in [6.45, 7) is 4.52. The quantitative estimate of drug-likeness (QED) is 0.912. The molecule has 3 nitrogen and oxygen atoms in total. The van der Waals surface area contributed by atoms with E-state index in [1.807, 2.05) is 4.90 Å². The molecule has 0 bridgehead atoms. The number of benzene rings is 1. The molecule has 0 spiro atoms. The SMILES string of the molecule is CC(=O)C(c1c(F)cccc1Cl)N1CCNCC1. The molecule has 1 heterocycles. The molecule has 0 aliphatic carbocycles. The molecule has 0 amide bonds. The third kappa shape index (κ3) is 2.71. The minimum Gasteiger partial charge on any atom is -0.314 e. The van der Waals surface area contributed by atoms with Crippen LogP contribution in [0.1, 0.15) is 18.5 Å². The molecule has 1 atom stereocenters. The Hall–Kier alpha value is -0.970. The number of piperazine rings is 1. The van der Waals surface area contributed by atoms with Gasteiger partial charge in [0, 0.05) is 36.8 Å². The molecule has 1 aliphatic rings. The number of ketones is 1. The van der Waals surface area contributed by atoms with Gasteiger partial charge >= 0.3 is 0 Å². The van der Waals surface area contributed by atoms with Crippen molar-refractivity contribution in [3.05, 3.63) is 34.6 Å². The summed E-state index contributed by atoms with van der Waals surface area (Å²) < 4.78 is 13.9. The first-order valence-electron chi connectivity index (χ1n) is 6.00. The molecular weight excluding hydrogens is 255 g/mol. The largest absolute Gasteiger partial charge is 0.314 e. The van der Waals surface area contributed by atoms with Gasteiger partial charge in [0.15, 0.2) is 5.78 Å². The monoisotopic (exact) mass is 270 g/mol. The Bertz CT molecular complexity index is 426. The third-order valence-corrected chi connectivity index (χ3v) is 3.50. The predicted molar refractivity (Wildman–Crippen MR) is 69.3 cm³/mol. The molecule has 18 heavy (non-hydrogen) atoms. The van der Waals surface area contributed by atoms with E-state index in [0.29, 0.717) is 10.6 Å². The number of nitrogens with one attached hydrogen (secondary N) is 1. The van der Waals surface area contributed by atoms with E-state index in [-0.39, 0.29) is 5.78 Å². The van der Waals surface area contributed by atoms with Gasteiger partial charge in [0.1, 0.15) is 5.82 Å². The fraction of sp³-hybridized carbons (Fsp3) is 0.462. The van der Waals surface area contributed by atoms with Gasteiger partial charge in [0.25, 0.3) is 0 Å². The Morgan fingerprint density at radius 1 is 1.44 bits per heavy atom. The zero-order chi connectivity index (χ0) is 13.1. The first kappa shape index (κ1) is 13.5. The van der Waals surface area contributed by atoms with Gasteiger partial charge in [0.2, 0.25) is 0 Å². The smallest absolute Gasteiger partial charge is 0.151 e. The first-order chi connectivity index (χ1) is 8.61. The molecule has 0 saturated carbocycles. The van der Waals surface area contributed by atoms with Crippen molar-refractivity contribution in [3.63, 3.8) is 0 Å². The Labute approximate surface area is 111 Å². The maximum atomic E-state index is 13.9. The maximum absolute atomic E-state index is 13.9. The van der Waals surface area contributed by atoms with E-state index in [2.05, 4.69) is 5.32 Å². The van der Waals surface area contributed by atoms with Crippen LogP contribution in [0.3, 0.4) is 0 Å². The molecule has 1 fully saturated rings. The number of Topliss-reactive ketones (excluding diaryl/α,β-unsaturated/α-hetero) is 1. The number of nitrogens with zero attached hydrogens (tertiary/aromatic N) is 1. The minimum absolute atomic E-state index is 0.0797. The fourth-order valence-corrected chi connectivity index (χ4v) is 2.62. The van der Waals surface area contributed by atoms with E-state index >= 15 is 0 Å². The van der Waals surface area contributed by atoms with Crippen LogP contribution in [0.2, 0.25) is 5.02 Å². The molecular formula is C13H16ClFN2O. The van der Waals surface area contributed by atoms with E-state index in [1.165, 1.54) is 13.0 Å². The highest BCUT2D eigenvalue weighted by Crippen LogP contribution is 2.30. The summed E-state index contributed by atoms with van der Waals surface area (Å²) in [6, 6.07) is 3.94. The molecule has 0 radical (unpaired) electrons. The Balaban J connectivity index is 2.37. The topological polar surface area (TPSA) is 32.3 Å². The standard InChI is InChI=1S/C13H16ClFN2O/c1-9(18)13(17-7-5-16-6-8-17)12-10(14)3-2-4-11(12)15/h2-4,13,16H,5-8H2,1H3. The first-order valence-corrected chi connectivity index (χ1v) is 6.38. The van der Waals surface area contributed by atoms with Crippen LogP contribution in [0.4, 0.5) is 4.39 Å². The fourth-order valence-electron chi connectivity index (χ4n) is 2.36. The van der Waals surface area contributed by atoms with Crippen LogP contribution in [-0.2, 0) is 4.79 Å². The average Bonchev–Trinajstić information content (AvgIpc) is 2.34. The molecule has 1 aromatic carbocycles. The van der Waals surface area contributed by atoms with E-state index < -0.39 is 11.9 Å². The second-order valence-electron chi connectivity index (χ2n) is 4.43. The van der Waals surface area contributed by atoms with Crippen LogP contribution in [0, 0.1) is 5.82 Å². The van der Waals surface area contributed by atoms with Crippen molar-refractivity contribution in [1.82, 2.24) is 10.2 Å². The van der Waals surface area contributed by atoms with Gasteiger partial charge in [0.05, 0.1) is 6.04 Å². The second kappa shape index (κ2) is 5.78. The number of carbonyl (C=O) groups is 1. The zero-order valence-corrected chi connectivity index (χ0v) is 11.0. The Kier molecular flexibility index (Phi) is 4.32. The summed E-state index contributed by atoms with van der Waals surface area (Å²) >= 11 is 6.05. The molecule has 1 N–H and O–H groups in total. The summed E-state index contributed by atoms with van der Waals surface area (Å²) in [4.78, 5) is 13.8. The van der Waals surface area contributed by atoms with Gasteiger partial charge in [-0.3, -0.25) is 9.69 Å². The number of hydrogen-bond donors (Lipinski definition) is 1. The molecule has 98 valence electrons. The van der Waals surface area contributed by atoms with Crippen LogP contribution in [0.25, 0.3) is 0 Å². The van der Waals surface area contributed by atoms with Gasteiger partial charge in [-0.1, -0.05) is 17.7 Å². The maximum Gasteiger partial charge on any atom is 0.151 e. The van der Waals surface area contributed by atoms with Crippen molar-refractivity contribution in [3.8, 4) is 0 Å². The van der Waals surface area contributed by atoms with Crippen LogP contribution >= 0.6 is 11.6 Å². The Morgan fingerprint density at radius 3 is 2.67 bits per heavy atom. The number of rotatable bonds is 3. The molecule has 2 rings (SSSR count). The third-order valence-electron chi connectivity index (χ3n) is 3.17. The molecule has 1 aliphatic heterocycles. The number of carbonyl (C=O) groups excluding carboxylic acids is 1. The minimum atomic E-state index is -0.583. The molecule has 1 aromatic rings. The van der Waals surface area contributed by atoms with Gasteiger partial charge in [-0.25, -0.2) is 4.39 Å². The lowest BCUT2D eigenvalue weighted by Crippen LogP contribution is -2.47. The number of halogens is 2. The van der Waals surface area contributed by atoms with Gasteiger partial charge < -0.3 is 5.32 Å². The summed E-state index contributed by atoms with van der Waals surface area (Å²) in [5.41, 5.74) is 0.300. The van der Waals surface area contributed by atoms with Crippen LogP contribution in [-0.4, -0.2) is 36.9 Å². The summed E-state index contributed by atoms with van der Waals surface area (Å²) in [7, 11) is 0. The van der Waals surface area contributed by atoms with Crippen molar-refractivity contribution in [1.29, 1.82) is 0 Å². The van der Waals surface area contributed by atoms with E-state index in [1.54, 1.807) is 12.1 Å². The lowest BCUT2D eigenvalue weighted by atomic mass is 10.00. The van der Waals surface area contributed by atoms with Crippen molar-refractivity contribution >= 4 is 17.4 Å². The lowest BCUT2D eigenvalue weighted by molar-refractivity contribution is -0.122. The van der Waals surface area contributed by atoms with Crippen LogP contribution in [0.5, 0.6) is 0 Å².